The van der Waals surface area contributed by atoms with Gasteiger partial charge < -0.3 is 10.6 Å². The van der Waals surface area contributed by atoms with Gasteiger partial charge in [-0.25, -0.2) is 0 Å². The predicted molar refractivity (Wildman–Crippen MR) is 86.4 cm³/mol. The van der Waals surface area contributed by atoms with Gasteiger partial charge in [0.1, 0.15) is 0 Å². The number of rotatable bonds is 5. The first-order valence-electron chi connectivity index (χ1n) is 7.70. The summed E-state index contributed by atoms with van der Waals surface area (Å²) in [6.45, 7) is 3.95. The molecule has 0 radical (unpaired) electrons. The van der Waals surface area contributed by atoms with Gasteiger partial charge in [-0.3, -0.25) is 4.79 Å². The first-order valence-corrected chi connectivity index (χ1v) is 8.52. The molecule has 1 aromatic rings. The number of thioether (sulfide) groups is 1. The molecule has 1 saturated heterocycles. The van der Waals surface area contributed by atoms with E-state index in [0.29, 0.717) is 12.3 Å². The smallest absolute Gasteiger partial charge is 0.325 e. The third-order valence-electron chi connectivity index (χ3n) is 4.08. The van der Waals surface area contributed by atoms with E-state index in [1.807, 2.05) is 6.92 Å². The van der Waals surface area contributed by atoms with Crippen LogP contribution < -0.4 is 10.6 Å². The van der Waals surface area contributed by atoms with Crippen LogP contribution in [0.2, 0.25) is 0 Å². The molecule has 23 heavy (non-hydrogen) atoms. The Kier molecular flexibility index (Phi) is 6.35. The minimum Gasteiger partial charge on any atom is -0.325 e. The van der Waals surface area contributed by atoms with Gasteiger partial charge in [0, 0.05) is 11.3 Å². The number of carbonyl (C=O) groups excluding carboxylic acids is 1. The average molecular weight is 346 g/mol. The van der Waals surface area contributed by atoms with Crippen LogP contribution in [0.15, 0.2) is 29.2 Å². The van der Waals surface area contributed by atoms with E-state index in [9.17, 15) is 18.0 Å². The van der Waals surface area contributed by atoms with E-state index >= 15 is 0 Å². The van der Waals surface area contributed by atoms with Gasteiger partial charge >= 0.3 is 5.51 Å². The molecule has 1 aliphatic heterocycles. The second-order valence-electron chi connectivity index (χ2n) is 5.86. The SMILES string of the molecule is CC(CC(=O)Nc1ccccc1SC(F)(F)F)C1CCNCC1. The average Bonchev–Trinajstić information content (AvgIpc) is 2.48. The normalized spacial score (nSPS) is 17.7. The van der Waals surface area contributed by atoms with Crippen molar-refractivity contribution in [3.8, 4) is 0 Å². The molecule has 1 fully saturated rings. The van der Waals surface area contributed by atoms with Gasteiger partial charge in [-0.15, -0.1) is 0 Å². The minimum absolute atomic E-state index is 0.0165. The molecule has 3 nitrogen and oxygen atoms in total. The van der Waals surface area contributed by atoms with E-state index in [-0.39, 0.29) is 34.2 Å². The molecule has 2 N–H and O–H groups in total. The summed E-state index contributed by atoms with van der Waals surface area (Å²) in [5.41, 5.74) is -4.15. The fraction of sp³-hybridized carbons (Fsp3) is 0.562. The monoisotopic (exact) mass is 346 g/mol. The molecule has 1 aliphatic rings. The number of amides is 1. The summed E-state index contributed by atoms with van der Waals surface area (Å²) < 4.78 is 37.7. The Morgan fingerprint density at radius 2 is 2.00 bits per heavy atom. The molecule has 2 rings (SSSR count). The molecule has 128 valence electrons. The third-order valence-corrected chi connectivity index (χ3v) is 4.89. The Balaban J connectivity index is 1.94. The van der Waals surface area contributed by atoms with Gasteiger partial charge in [-0.2, -0.15) is 13.2 Å². The standard InChI is InChI=1S/C16H21F3N2OS/c1-11(12-6-8-20-9-7-12)10-15(22)21-13-4-2-3-5-14(13)23-16(17,18)19/h2-5,11-12,20H,6-10H2,1H3,(H,21,22). The van der Waals surface area contributed by atoms with Gasteiger partial charge in [0.2, 0.25) is 5.91 Å². The molecule has 1 amide bonds. The van der Waals surface area contributed by atoms with E-state index in [1.54, 1.807) is 6.07 Å². The quantitative estimate of drug-likeness (QED) is 0.783. The van der Waals surface area contributed by atoms with E-state index in [1.165, 1.54) is 18.2 Å². The Labute approximate surface area is 138 Å². The Morgan fingerprint density at radius 3 is 2.65 bits per heavy atom. The summed E-state index contributed by atoms with van der Waals surface area (Å²) in [5, 5.41) is 5.91. The molecule has 1 unspecified atom stereocenters. The molecule has 1 aromatic carbocycles. The number of anilines is 1. The number of piperidine rings is 1. The molecular weight excluding hydrogens is 325 g/mol. The Morgan fingerprint density at radius 1 is 1.35 bits per heavy atom. The van der Waals surface area contributed by atoms with Crippen molar-refractivity contribution in [2.24, 2.45) is 11.8 Å². The maximum Gasteiger partial charge on any atom is 0.446 e. The molecule has 0 saturated carbocycles. The van der Waals surface area contributed by atoms with Crippen molar-refractivity contribution in [3.05, 3.63) is 24.3 Å². The molecule has 7 heteroatoms. The maximum absolute atomic E-state index is 12.6. The van der Waals surface area contributed by atoms with E-state index in [4.69, 9.17) is 0 Å². The van der Waals surface area contributed by atoms with Crippen LogP contribution in [0.4, 0.5) is 18.9 Å². The lowest BCUT2D eigenvalue weighted by Crippen LogP contribution is -2.32. The van der Waals surface area contributed by atoms with Crippen LogP contribution in [0.1, 0.15) is 26.2 Å². The number of halogens is 3. The Bertz CT molecular complexity index is 530. The fourth-order valence-electron chi connectivity index (χ4n) is 2.86. The van der Waals surface area contributed by atoms with Gasteiger partial charge in [-0.05, 0) is 61.7 Å². The highest BCUT2D eigenvalue weighted by Crippen LogP contribution is 2.40. The first kappa shape index (κ1) is 18.1. The molecule has 0 spiro atoms. The van der Waals surface area contributed by atoms with Gasteiger partial charge in [0.25, 0.3) is 0 Å². The number of benzene rings is 1. The van der Waals surface area contributed by atoms with Crippen LogP contribution in [0.5, 0.6) is 0 Å². The van der Waals surface area contributed by atoms with Crippen molar-refractivity contribution in [2.75, 3.05) is 18.4 Å². The molecular formula is C16H21F3N2OS. The summed E-state index contributed by atoms with van der Waals surface area (Å²) in [4.78, 5) is 12.2. The first-order chi connectivity index (χ1) is 10.8. The lowest BCUT2D eigenvalue weighted by molar-refractivity contribution is -0.117. The van der Waals surface area contributed by atoms with Crippen molar-refractivity contribution in [1.29, 1.82) is 0 Å². The highest BCUT2D eigenvalue weighted by Gasteiger charge is 2.30. The highest BCUT2D eigenvalue weighted by molar-refractivity contribution is 8.00. The number of hydrogen-bond donors (Lipinski definition) is 2. The summed E-state index contributed by atoms with van der Waals surface area (Å²) >= 11 is -0.207. The van der Waals surface area contributed by atoms with Crippen molar-refractivity contribution < 1.29 is 18.0 Å². The number of hydrogen-bond acceptors (Lipinski definition) is 3. The van der Waals surface area contributed by atoms with Crippen LogP contribution >= 0.6 is 11.8 Å². The number of alkyl halides is 3. The van der Waals surface area contributed by atoms with Gasteiger partial charge in [0.15, 0.2) is 0 Å². The fourth-order valence-corrected chi connectivity index (χ4v) is 3.48. The molecule has 0 aliphatic carbocycles. The highest BCUT2D eigenvalue weighted by atomic mass is 32.2. The van der Waals surface area contributed by atoms with Crippen LogP contribution in [0.25, 0.3) is 0 Å². The van der Waals surface area contributed by atoms with Gasteiger partial charge in [0.05, 0.1) is 5.69 Å². The van der Waals surface area contributed by atoms with Crippen molar-refractivity contribution in [2.45, 2.75) is 36.6 Å². The number of para-hydroxylation sites is 1. The van der Waals surface area contributed by atoms with E-state index < -0.39 is 5.51 Å². The zero-order valence-electron chi connectivity index (χ0n) is 13.0. The van der Waals surface area contributed by atoms with Gasteiger partial charge in [-0.1, -0.05) is 19.1 Å². The number of nitrogens with one attached hydrogen (secondary N) is 2. The van der Waals surface area contributed by atoms with Crippen LogP contribution in [0, 0.1) is 11.8 Å². The number of carbonyl (C=O) groups is 1. The second kappa shape index (κ2) is 8.06. The van der Waals surface area contributed by atoms with Crippen LogP contribution in [0.3, 0.4) is 0 Å². The molecule has 1 heterocycles. The summed E-state index contributed by atoms with van der Waals surface area (Å²) in [6.07, 6.45) is 2.40. The lowest BCUT2D eigenvalue weighted by Gasteiger charge is -2.28. The van der Waals surface area contributed by atoms with Crippen LogP contribution in [-0.4, -0.2) is 24.5 Å². The maximum atomic E-state index is 12.6. The van der Waals surface area contributed by atoms with Crippen molar-refractivity contribution in [1.82, 2.24) is 5.32 Å². The molecule has 0 aromatic heterocycles. The van der Waals surface area contributed by atoms with Crippen molar-refractivity contribution in [3.63, 3.8) is 0 Å². The molecule has 0 bridgehead atoms. The van der Waals surface area contributed by atoms with E-state index in [0.717, 1.165) is 25.9 Å². The summed E-state index contributed by atoms with van der Waals surface area (Å²) in [5.74, 6) is 0.479. The Hall–Kier alpha value is -1.21. The predicted octanol–water partition coefficient (Wildman–Crippen LogP) is 4.26. The topological polar surface area (TPSA) is 41.1 Å². The minimum atomic E-state index is -4.37. The van der Waals surface area contributed by atoms with Crippen LogP contribution in [-0.2, 0) is 4.79 Å². The summed E-state index contributed by atoms with van der Waals surface area (Å²) in [7, 11) is 0. The van der Waals surface area contributed by atoms with Crippen molar-refractivity contribution >= 4 is 23.4 Å². The second-order valence-corrected chi connectivity index (χ2v) is 6.97. The zero-order chi connectivity index (χ0) is 16.9. The summed E-state index contributed by atoms with van der Waals surface area (Å²) in [6, 6.07) is 6.01. The lowest BCUT2D eigenvalue weighted by atomic mass is 9.84. The largest absolute Gasteiger partial charge is 0.446 e. The third kappa shape index (κ3) is 6.06. The molecule has 1 atom stereocenters. The zero-order valence-corrected chi connectivity index (χ0v) is 13.8. The van der Waals surface area contributed by atoms with E-state index in [2.05, 4.69) is 10.6 Å².